The fourth-order valence-electron chi connectivity index (χ4n) is 2.67. The molecule has 3 rings (SSSR count). The van der Waals surface area contributed by atoms with E-state index in [2.05, 4.69) is 91.0 Å². The molecule has 0 heterocycles. The van der Waals surface area contributed by atoms with Crippen LogP contribution in [0, 0.1) is 42.0 Å². The van der Waals surface area contributed by atoms with Crippen LogP contribution >= 0.6 is 1.45 Å². The van der Waals surface area contributed by atoms with Crippen LogP contribution in [0.3, 0.4) is 0 Å². The van der Waals surface area contributed by atoms with Gasteiger partial charge >= 0.3 is 150 Å². The number of hydrogen-bond donors (Lipinski definition) is 0. The summed E-state index contributed by atoms with van der Waals surface area (Å²) in [7, 11) is 0. The molecule has 0 atom stereocenters. The van der Waals surface area contributed by atoms with Crippen molar-refractivity contribution in [3.63, 3.8) is 0 Å². The summed E-state index contributed by atoms with van der Waals surface area (Å²) in [6, 6.07) is 33.4. The van der Waals surface area contributed by atoms with E-state index in [9.17, 15) is 0 Å². The second kappa shape index (κ2) is 6.55. The average Bonchev–Trinajstić information content (AvgIpc) is 2.56. The molecule has 0 aromatic heterocycles. The minimum atomic E-state index is -1.67. The molecule has 0 bridgehead atoms. The molecule has 20 heavy (non-hydrogen) atoms. The summed E-state index contributed by atoms with van der Waals surface area (Å²) in [4.78, 5) is 0. The molecule has 0 N–H and O–H groups in total. The molecule has 95 valence electrons. The molecular formula is C18H16PRa. The van der Waals surface area contributed by atoms with Crippen LogP contribution < -0.4 is 15.9 Å². The van der Waals surface area contributed by atoms with E-state index in [1.165, 1.54) is 0 Å². The zero-order valence-corrected chi connectivity index (χ0v) is 18.2. The number of hydrogen-bond acceptors (Lipinski definition) is 0. The van der Waals surface area contributed by atoms with E-state index >= 15 is 0 Å². The third-order valence-electron chi connectivity index (χ3n) is 3.80. The van der Waals surface area contributed by atoms with E-state index in [1.54, 1.807) is 15.9 Å². The van der Waals surface area contributed by atoms with Crippen molar-refractivity contribution in [3.8, 4) is 0 Å². The standard InChI is InChI=1S/C18H15P.Ra/c1-4-10-16(11-5-1)19(17-12-6-2-7-13-17)18-14-8-3-9-15-18;/h1-15H;/q;-1/p+1. The van der Waals surface area contributed by atoms with Gasteiger partial charge in [0, 0.05) is 0 Å². The molecule has 0 saturated heterocycles. The van der Waals surface area contributed by atoms with E-state index in [-0.39, 0.29) is 0 Å². The van der Waals surface area contributed by atoms with Crippen molar-refractivity contribution in [1.82, 2.24) is 0 Å². The van der Waals surface area contributed by atoms with Crippen molar-refractivity contribution in [2.24, 2.45) is 0 Å². The first-order valence-corrected chi connectivity index (χ1v) is 17.8. The summed E-state index contributed by atoms with van der Waals surface area (Å²) in [5.74, 6) is 0. The van der Waals surface area contributed by atoms with Crippen molar-refractivity contribution in [1.29, 1.82) is 0 Å². The Morgan fingerprint density at radius 3 is 0.950 bits per heavy atom. The first-order valence-electron chi connectivity index (χ1n) is 6.84. The van der Waals surface area contributed by atoms with Crippen molar-refractivity contribution >= 4 is 17.4 Å². The van der Waals surface area contributed by atoms with E-state index in [4.69, 9.17) is 0 Å². The third-order valence-corrected chi connectivity index (χ3v) is 22.9. The van der Waals surface area contributed by atoms with Crippen LogP contribution in [0.2, 0.25) is 0 Å². The molecule has 1 radical (unpaired) electrons. The second-order valence-corrected chi connectivity index (χ2v) is 21.6. The maximum absolute atomic E-state index is 2.32. The summed E-state index contributed by atoms with van der Waals surface area (Å²) >= 11 is 0.528. The topological polar surface area (TPSA) is 0 Å². The van der Waals surface area contributed by atoms with Gasteiger partial charge in [0.1, 0.15) is 0 Å². The Hall–Kier alpha value is -0.442. The van der Waals surface area contributed by atoms with E-state index < -0.39 is 1.45 Å². The Kier molecular flexibility index (Phi) is 4.75. The van der Waals surface area contributed by atoms with Crippen LogP contribution in [0.4, 0.5) is 0 Å². The van der Waals surface area contributed by atoms with Gasteiger partial charge in [-0.05, 0) is 0 Å². The first kappa shape index (κ1) is 14.5. The van der Waals surface area contributed by atoms with Gasteiger partial charge in [-0.15, -0.1) is 0 Å². The van der Waals surface area contributed by atoms with Gasteiger partial charge in [0.05, 0.1) is 0 Å². The van der Waals surface area contributed by atoms with Crippen molar-refractivity contribution in [3.05, 3.63) is 91.0 Å². The molecule has 0 saturated carbocycles. The van der Waals surface area contributed by atoms with Gasteiger partial charge in [-0.3, -0.25) is 0 Å². The Morgan fingerprint density at radius 1 is 0.450 bits per heavy atom. The summed E-state index contributed by atoms with van der Waals surface area (Å²) < 4.78 is -1.67. The number of rotatable bonds is 3. The predicted molar refractivity (Wildman–Crippen MR) is 86.5 cm³/mol. The fraction of sp³-hybridized carbons (Fsp3) is 0. The molecule has 0 aliphatic heterocycles. The van der Waals surface area contributed by atoms with Gasteiger partial charge in [0.2, 0.25) is 0 Å². The average molecular weight is 489 g/mol. The maximum atomic E-state index is 2.32. The molecule has 0 fully saturated rings. The normalized spacial score (nSPS) is 11.9. The number of benzene rings is 3. The summed E-state index contributed by atoms with van der Waals surface area (Å²) in [6.07, 6.45) is 0. The SMILES string of the molecule is [Ra][PH](c1ccccc1)(c1ccccc1)c1ccccc1. The molecule has 0 amide bonds. The van der Waals surface area contributed by atoms with Crippen LogP contribution in [0.15, 0.2) is 91.0 Å². The van der Waals surface area contributed by atoms with Crippen LogP contribution in [-0.2, 0) is 0 Å². The minimum absolute atomic E-state index is 0.528. The van der Waals surface area contributed by atoms with Gasteiger partial charge in [-0.2, -0.15) is 0 Å². The summed E-state index contributed by atoms with van der Waals surface area (Å²) in [6.45, 7) is 0. The first-order chi connectivity index (χ1) is 9.82. The van der Waals surface area contributed by atoms with Crippen molar-refractivity contribution in [2.75, 3.05) is 0 Å². The Bertz CT molecular complexity index is 569. The zero-order chi connectivity index (χ0) is 13.8. The van der Waals surface area contributed by atoms with Crippen molar-refractivity contribution in [2.45, 2.75) is 0 Å². The fourth-order valence-corrected chi connectivity index (χ4v) is 14.7. The molecule has 0 nitrogen and oxygen atoms in total. The van der Waals surface area contributed by atoms with Gasteiger partial charge < -0.3 is 0 Å². The van der Waals surface area contributed by atoms with E-state index in [1.807, 2.05) is 0 Å². The zero-order valence-electron chi connectivity index (χ0n) is 11.4. The third kappa shape index (κ3) is 2.79. The second-order valence-electron chi connectivity index (χ2n) is 5.00. The van der Waals surface area contributed by atoms with Crippen molar-refractivity contribution < 1.29 is 42.0 Å². The van der Waals surface area contributed by atoms with E-state index in [0.29, 0.717) is 42.0 Å². The molecular weight excluding hydrogens is 473 g/mol. The molecule has 0 unspecified atom stereocenters. The molecule has 0 aliphatic rings. The molecule has 2 heteroatoms. The Balaban J connectivity index is 2.24. The van der Waals surface area contributed by atoms with Gasteiger partial charge in [0.25, 0.3) is 0 Å². The van der Waals surface area contributed by atoms with Gasteiger partial charge in [-0.1, -0.05) is 0 Å². The molecule has 0 aliphatic carbocycles. The molecule has 0 spiro atoms. The molecule has 3 aromatic carbocycles. The van der Waals surface area contributed by atoms with Gasteiger partial charge in [-0.25, -0.2) is 0 Å². The predicted octanol–water partition coefficient (Wildman–Crippen LogP) is 3.18. The van der Waals surface area contributed by atoms with Crippen LogP contribution in [0.1, 0.15) is 0 Å². The monoisotopic (exact) mass is 489 g/mol. The molecule has 3 aromatic rings. The quantitative estimate of drug-likeness (QED) is 0.496. The van der Waals surface area contributed by atoms with E-state index in [0.717, 1.165) is 0 Å². The van der Waals surface area contributed by atoms with Crippen LogP contribution in [0.25, 0.3) is 0 Å². The Morgan fingerprint density at radius 2 is 0.700 bits per heavy atom. The Labute approximate surface area is 148 Å². The van der Waals surface area contributed by atoms with Crippen LogP contribution in [0.5, 0.6) is 0 Å². The summed E-state index contributed by atoms with van der Waals surface area (Å²) in [5.41, 5.74) is 0. The van der Waals surface area contributed by atoms with Crippen LogP contribution in [-0.4, -0.2) is 0 Å². The summed E-state index contributed by atoms with van der Waals surface area (Å²) in [5, 5.41) is 4.65. The van der Waals surface area contributed by atoms with Gasteiger partial charge in [0.15, 0.2) is 0 Å².